The average molecular weight is 326 g/mol. The van der Waals surface area contributed by atoms with Gasteiger partial charge in [0.2, 0.25) is 5.91 Å². The van der Waals surface area contributed by atoms with E-state index in [0.29, 0.717) is 30.8 Å². The van der Waals surface area contributed by atoms with E-state index < -0.39 is 5.60 Å². The molecule has 1 amide bonds. The summed E-state index contributed by atoms with van der Waals surface area (Å²) in [6, 6.07) is 3.18. The number of phenols is 1. The van der Waals surface area contributed by atoms with Crippen LogP contribution < -0.4 is 0 Å². The van der Waals surface area contributed by atoms with E-state index in [1.807, 2.05) is 6.92 Å². The molecule has 0 aromatic heterocycles. The Hall–Kier alpha value is -1.30. The topological polar surface area (TPSA) is 81.0 Å². The summed E-state index contributed by atoms with van der Waals surface area (Å²) in [5.74, 6) is 0.102. The number of halogens is 1. The fourth-order valence-corrected chi connectivity index (χ4v) is 3.81. The Balaban J connectivity index is 1.77. The minimum Gasteiger partial charge on any atom is -0.508 e. The maximum absolute atomic E-state index is 12.3. The molecule has 1 aromatic carbocycles. The van der Waals surface area contributed by atoms with Crippen LogP contribution in [-0.4, -0.2) is 50.9 Å². The van der Waals surface area contributed by atoms with Crippen LogP contribution in [0.2, 0.25) is 5.02 Å². The van der Waals surface area contributed by atoms with Crippen LogP contribution in [0.4, 0.5) is 0 Å². The van der Waals surface area contributed by atoms with Gasteiger partial charge in [-0.2, -0.15) is 0 Å². The lowest BCUT2D eigenvalue weighted by atomic mass is 9.75. The van der Waals surface area contributed by atoms with Gasteiger partial charge in [-0.05, 0) is 37.5 Å². The summed E-state index contributed by atoms with van der Waals surface area (Å²) in [7, 11) is 0. The highest BCUT2D eigenvalue weighted by molar-refractivity contribution is 6.31. The fourth-order valence-electron chi connectivity index (χ4n) is 3.65. The highest BCUT2D eigenvalue weighted by Gasteiger charge is 2.48. The number of hydrogen-bond donors (Lipinski definition) is 3. The molecule has 3 N–H and O–H groups in total. The molecule has 120 valence electrons. The fraction of sp³-hybridized carbons (Fsp3) is 0.562. The number of aliphatic hydroxyl groups excluding tert-OH is 1. The summed E-state index contributed by atoms with van der Waals surface area (Å²) < 4.78 is 0. The Morgan fingerprint density at radius 2 is 2.09 bits per heavy atom. The minimum absolute atomic E-state index is 0.0220. The number of phenolic OH excluding ortho intramolecular Hbond substituents is 1. The number of benzene rings is 1. The number of nitrogens with zero attached hydrogens (tertiary/aromatic N) is 1. The van der Waals surface area contributed by atoms with Crippen molar-refractivity contribution in [2.75, 3.05) is 13.2 Å². The maximum atomic E-state index is 12.3. The number of carbonyl (C=O) groups is 1. The van der Waals surface area contributed by atoms with Gasteiger partial charge in [0.1, 0.15) is 5.75 Å². The molecule has 0 spiro atoms. The minimum atomic E-state index is -1.04. The first-order valence-corrected chi connectivity index (χ1v) is 7.83. The molecule has 1 aliphatic heterocycles. The van der Waals surface area contributed by atoms with Crippen LogP contribution in [0.1, 0.15) is 36.3 Å². The number of aromatic hydroxyl groups is 1. The van der Waals surface area contributed by atoms with Crippen LogP contribution in [0.5, 0.6) is 5.75 Å². The molecule has 1 aliphatic carbocycles. The molecule has 1 atom stereocenters. The molecular weight excluding hydrogens is 306 g/mol. The van der Waals surface area contributed by atoms with Crippen molar-refractivity contribution < 1.29 is 20.1 Å². The highest BCUT2D eigenvalue weighted by Crippen LogP contribution is 2.43. The molecule has 2 aliphatic rings. The van der Waals surface area contributed by atoms with E-state index >= 15 is 0 Å². The van der Waals surface area contributed by atoms with Crippen LogP contribution in [0, 0.1) is 6.92 Å². The second-order valence-electron chi connectivity index (χ2n) is 6.50. The quantitative estimate of drug-likeness (QED) is 0.787. The third-order valence-corrected chi connectivity index (χ3v) is 5.37. The second kappa shape index (κ2) is 5.41. The van der Waals surface area contributed by atoms with Gasteiger partial charge >= 0.3 is 0 Å². The molecule has 1 saturated carbocycles. The number of aliphatic hydroxyl groups is 2. The summed E-state index contributed by atoms with van der Waals surface area (Å²) >= 11 is 6.12. The first-order chi connectivity index (χ1) is 10.3. The molecule has 0 radical (unpaired) electrons. The van der Waals surface area contributed by atoms with Crippen LogP contribution in [-0.2, 0) is 4.79 Å². The number of likely N-dealkylation sites (tertiary alicyclic amines) is 1. The third-order valence-electron chi connectivity index (χ3n) is 4.96. The van der Waals surface area contributed by atoms with Gasteiger partial charge in [-0.15, -0.1) is 0 Å². The molecule has 6 heteroatoms. The van der Waals surface area contributed by atoms with Crippen LogP contribution in [0.3, 0.4) is 0 Å². The van der Waals surface area contributed by atoms with Gasteiger partial charge in [0.05, 0.1) is 12.2 Å². The number of rotatable bonds is 3. The summed E-state index contributed by atoms with van der Waals surface area (Å²) in [5, 5.41) is 29.7. The SMILES string of the molecule is Cc1c(Cl)ccc(O)c1[C@H]1CC(=O)N(C2CC(O)(CO)C2)C1. The average Bonchev–Trinajstić information content (AvgIpc) is 2.81. The van der Waals surface area contributed by atoms with Gasteiger partial charge in [-0.25, -0.2) is 0 Å². The summed E-state index contributed by atoms with van der Waals surface area (Å²) in [6.07, 6.45) is 1.15. The first kappa shape index (κ1) is 15.6. The van der Waals surface area contributed by atoms with Crippen molar-refractivity contribution in [3.8, 4) is 5.75 Å². The molecule has 22 heavy (non-hydrogen) atoms. The van der Waals surface area contributed by atoms with E-state index in [1.54, 1.807) is 17.0 Å². The Morgan fingerprint density at radius 3 is 2.73 bits per heavy atom. The Morgan fingerprint density at radius 1 is 1.41 bits per heavy atom. The normalized spacial score (nSPS) is 31.5. The summed E-state index contributed by atoms with van der Waals surface area (Å²) in [4.78, 5) is 14.0. The third kappa shape index (κ3) is 2.47. The van der Waals surface area contributed by atoms with E-state index in [-0.39, 0.29) is 30.2 Å². The zero-order valence-corrected chi connectivity index (χ0v) is 13.2. The van der Waals surface area contributed by atoms with E-state index in [0.717, 1.165) is 11.1 Å². The second-order valence-corrected chi connectivity index (χ2v) is 6.90. The van der Waals surface area contributed by atoms with Gasteiger partial charge < -0.3 is 20.2 Å². The van der Waals surface area contributed by atoms with Gasteiger partial charge in [-0.1, -0.05) is 11.6 Å². The molecular formula is C16H20ClNO4. The zero-order chi connectivity index (χ0) is 16.1. The van der Waals surface area contributed by atoms with Crippen molar-refractivity contribution in [2.45, 2.75) is 43.7 Å². The van der Waals surface area contributed by atoms with Crippen LogP contribution in [0.15, 0.2) is 12.1 Å². The molecule has 3 rings (SSSR count). The van der Waals surface area contributed by atoms with Crippen molar-refractivity contribution in [3.63, 3.8) is 0 Å². The molecule has 0 unspecified atom stereocenters. The van der Waals surface area contributed by atoms with Gasteiger partial charge in [-0.3, -0.25) is 4.79 Å². The van der Waals surface area contributed by atoms with E-state index in [4.69, 9.17) is 16.7 Å². The van der Waals surface area contributed by atoms with E-state index in [1.165, 1.54) is 0 Å². The van der Waals surface area contributed by atoms with Crippen molar-refractivity contribution in [2.24, 2.45) is 0 Å². The van der Waals surface area contributed by atoms with Crippen LogP contribution in [0.25, 0.3) is 0 Å². The number of hydrogen-bond acceptors (Lipinski definition) is 4. The molecule has 1 aromatic rings. The lowest BCUT2D eigenvalue weighted by Gasteiger charge is -2.46. The molecule has 1 heterocycles. The van der Waals surface area contributed by atoms with Crippen molar-refractivity contribution >= 4 is 17.5 Å². The summed E-state index contributed by atoms with van der Waals surface area (Å²) in [5.41, 5.74) is 0.499. The lowest BCUT2D eigenvalue weighted by molar-refractivity contribution is -0.146. The number of carbonyl (C=O) groups excluding carboxylic acids is 1. The summed E-state index contributed by atoms with van der Waals surface area (Å²) in [6.45, 7) is 2.08. The predicted molar refractivity (Wildman–Crippen MR) is 82.0 cm³/mol. The molecule has 5 nitrogen and oxygen atoms in total. The highest BCUT2D eigenvalue weighted by atomic mass is 35.5. The van der Waals surface area contributed by atoms with Crippen molar-refractivity contribution in [3.05, 3.63) is 28.3 Å². The van der Waals surface area contributed by atoms with Crippen molar-refractivity contribution in [1.29, 1.82) is 0 Å². The number of amides is 1. The standard InChI is InChI=1S/C16H20ClNO4/c1-9-12(17)2-3-13(20)15(9)10-4-14(21)18(7-10)11-5-16(22,6-11)8-19/h2-3,10-11,19-20,22H,4-8H2,1H3/t10-,11?,16?/m0/s1. The van der Waals surface area contributed by atoms with Gasteiger partial charge in [0.15, 0.2) is 0 Å². The molecule has 1 saturated heterocycles. The van der Waals surface area contributed by atoms with Gasteiger partial charge in [0, 0.05) is 35.5 Å². The Kier molecular flexibility index (Phi) is 3.83. The smallest absolute Gasteiger partial charge is 0.223 e. The van der Waals surface area contributed by atoms with Crippen LogP contribution >= 0.6 is 11.6 Å². The largest absolute Gasteiger partial charge is 0.508 e. The van der Waals surface area contributed by atoms with Crippen molar-refractivity contribution in [1.82, 2.24) is 4.90 Å². The van der Waals surface area contributed by atoms with E-state index in [9.17, 15) is 15.0 Å². The van der Waals surface area contributed by atoms with Gasteiger partial charge in [0.25, 0.3) is 0 Å². The maximum Gasteiger partial charge on any atom is 0.223 e. The Labute approximate surface area is 134 Å². The molecule has 0 bridgehead atoms. The zero-order valence-electron chi connectivity index (χ0n) is 12.4. The molecule has 2 fully saturated rings. The first-order valence-electron chi connectivity index (χ1n) is 7.45. The van der Waals surface area contributed by atoms with E-state index in [2.05, 4.69) is 0 Å². The Bertz CT molecular complexity index is 612. The monoisotopic (exact) mass is 325 g/mol. The lowest BCUT2D eigenvalue weighted by Crippen LogP contribution is -2.57. The predicted octanol–water partition coefficient (Wildman–Crippen LogP) is 1.56.